The largest absolute Gasteiger partial charge is 0.493 e. The molecule has 0 amide bonds. The minimum atomic E-state index is 0.527. The van der Waals surface area contributed by atoms with E-state index in [1.807, 2.05) is 42.5 Å². The quantitative estimate of drug-likeness (QED) is 0.464. The molecule has 0 aliphatic rings. The van der Waals surface area contributed by atoms with Gasteiger partial charge in [-0.05, 0) is 35.9 Å². The smallest absolute Gasteiger partial charge is 0.203 e. The second-order valence-electron chi connectivity index (χ2n) is 6.62. The maximum absolute atomic E-state index is 6.25. The molecule has 8 nitrogen and oxygen atoms in total. The van der Waals surface area contributed by atoms with Crippen molar-refractivity contribution >= 4 is 22.1 Å². The normalized spacial score (nSPS) is 11.2. The molecule has 2 aromatic carbocycles. The van der Waals surface area contributed by atoms with Gasteiger partial charge in [0.15, 0.2) is 17.1 Å². The third-order valence-electron chi connectivity index (χ3n) is 4.99. The summed E-state index contributed by atoms with van der Waals surface area (Å²) in [5.74, 6) is 2.28. The number of hydrogen-bond donors (Lipinski definition) is 1. The first-order valence-corrected chi connectivity index (χ1v) is 9.21. The summed E-state index contributed by atoms with van der Waals surface area (Å²) < 4.78 is 22.6. The van der Waals surface area contributed by atoms with Gasteiger partial charge in [-0.25, -0.2) is 0 Å². The average molecular weight is 402 g/mol. The predicted octanol–water partition coefficient (Wildman–Crippen LogP) is 4.46. The summed E-state index contributed by atoms with van der Waals surface area (Å²) in [6.07, 6.45) is 1.76. The average Bonchev–Trinajstić information content (AvgIpc) is 3.44. The molecule has 0 saturated heterocycles. The van der Waals surface area contributed by atoms with Gasteiger partial charge in [-0.3, -0.25) is 4.98 Å². The summed E-state index contributed by atoms with van der Waals surface area (Å²) >= 11 is 0. The van der Waals surface area contributed by atoms with Crippen molar-refractivity contribution in [2.24, 2.45) is 0 Å². The van der Waals surface area contributed by atoms with E-state index in [4.69, 9.17) is 18.6 Å². The van der Waals surface area contributed by atoms with Crippen molar-refractivity contribution < 1.29 is 18.6 Å². The van der Waals surface area contributed by atoms with Crippen LogP contribution in [0.3, 0.4) is 0 Å². The Balaban J connectivity index is 1.67. The van der Waals surface area contributed by atoms with Crippen LogP contribution in [0.2, 0.25) is 0 Å². The molecule has 8 heteroatoms. The topological polar surface area (TPSA) is 95.3 Å². The van der Waals surface area contributed by atoms with Gasteiger partial charge in [0.2, 0.25) is 5.75 Å². The summed E-state index contributed by atoms with van der Waals surface area (Å²) in [6.45, 7) is 0. The summed E-state index contributed by atoms with van der Waals surface area (Å²) in [5.41, 5.74) is 5.70. The number of benzene rings is 2. The Morgan fingerprint density at radius 3 is 2.27 bits per heavy atom. The molecule has 150 valence electrons. The third kappa shape index (κ3) is 2.81. The monoisotopic (exact) mass is 402 g/mol. The maximum Gasteiger partial charge on any atom is 0.203 e. The van der Waals surface area contributed by atoms with Gasteiger partial charge in [0, 0.05) is 23.4 Å². The Hall–Kier alpha value is -4.07. The van der Waals surface area contributed by atoms with Crippen LogP contribution in [0.15, 0.2) is 53.1 Å². The lowest BCUT2D eigenvalue weighted by Crippen LogP contribution is -1.95. The van der Waals surface area contributed by atoms with Gasteiger partial charge in [0.25, 0.3) is 0 Å². The number of H-pyrrole nitrogens is 1. The number of fused-ring (bicyclic) bond motifs is 2. The van der Waals surface area contributed by atoms with Crippen molar-refractivity contribution in [1.29, 1.82) is 0 Å². The van der Waals surface area contributed by atoms with Crippen LogP contribution in [-0.2, 0) is 0 Å². The summed E-state index contributed by atoms with van der Waals surface area (Å²) in [5, 5.41) is 10.9. The van der Waals surface area contributed by atoms with E-state index in [0.29, 0.717) is 28.6 Å². The van der Waals surface area contributed by atoms with Crippen molar-refractivity contribution in [3.8, 4) is 39.7 Å². The lowest BCUT2D eigenvalue weighted by Gasteiger charge is -2.13. The van der Waals surface area contributed by atoms with Crippen molar-refractivity contribution in [2.75, 3.05) is 21.3 Å². The third-order valence-corrected chi connectivity index (χ3v) is 4.99. The Morgan fingerprint density at radius 1 is 0.767 bits per heavy atom. The molecule has 0 saturated carbocycles. The Morgan fingerprint density at radius 2 is 1.53 bits per heavy atom. The second kappa shape index (κ2) is 7.07. The molecule has 0 radical (unpaired) electrons. The Labute approximate surface area is 171 Å². The predicted molar refractivity (Wildman–Crippen MR) is 112 cm³/mol. The number of methoxy groups -OCH3 is 3. The molecule has 30 heavy (non-hydrogen) atoms. The van der Waals surface area contributed by atoms with Crippen LogP contribution in [0.1, 0.15) is 0 Å². The molecule has 3 heterocycles. The number of pyridine rings is 1. The van der Waals surface area contributed by atoms with Gasteiger partial charge in [-0.2, -0.15) is 15.4 Å². The van der Waals surface area contributed by atoms with E-state index >= 15 is 0 Å². The van der Waals surface area contributed by atoms with E-state index in [2.05, 4.69) is 20.4 Å². The fraction of sp³-hybridized carbons (Fsp3) is 0.136. The summed E-state index contributed by atoms with van der Waals surface area (Å²) in [6, 6.07) is 13.4. The standard InChI is InChI=1S/C22H18N4O4/c1-27-19-9-13(10-20(28-2)22(19)29-3)18-11-17-21(30-18)14(6-7-23-17)12-4-5-15-16(8-12)25-26-24-15/h4-11H,1-3H3,(H,24,25,26). The van der Waals surface area contributed by atoms with E-state index in [1.165, 1.54) is 0 Å². The van der Waals surface area contributed by atoms with Crippen LogP contribution in [0.5, 0.6) is 17.2 Å². The number of nitrogens with one attached hydrogen (secondary N) is 1. The maximum atomic E-state index is 6.25. The molecule has 5 aromatic rings. The molecule has 0 fully saturated rings. The lowest BCUT2D eigenvalue weighted by molar-refractivity contribution is 0.324. The molecule has 0 unspecified atom stereocenters. The second-order valence-corrected chi connectivity index (χ2v) is 6.62. The lowest BCUT2D eigenvalue weighted by atomic mass is 10.1. The van der Waals surface area contributed by atoms with Crippen molar-refractivity contribution in [3.05, 3.63) is 48.7 Å². The zero-order chi connectivity index (χ0) is 20.7. The van der Waals surface area contributed by atoms with Gasteiger partial charge in [-0.1, -0.05) is 6.07 Å². The van der Waals surface area contributed by atoms with E-state index in [1.54, 1.807) is 27.5 Å². The molecular formula is C22H18N4O4. The molecule has 0 atom stereocenters. The molecule has 0 spiro atoms. The minimum absolute atomic E-state index is 0.527. The van der Waals surface area contributed by atoms with Crippen molar-refractivity contribution in [3.63, 3.8) is 0 Å². The first kappa shape index (κ1) is 18.0. The number of furan rings is 1. The van der Waals surface area contributed by atoms with Gasteiger partial charge in [-0.15, -0.1) is 0 Å². The highest BCUT2D eigenvalue weighted by Crippen LogP contribution is 2.42. The Bertz CT molecular complexity index is 1350. The van der Waals surface area contributed by atoms with Crippen LogP contribution in [-0.4, -0.2) is 41.7 Å². The van der Waals surface area contributed by atoms with Gasteiger partial charge < -0.3 is 18.6 Å². The van der Waals surface area contributed by atoms with Crippen molar-refractivity contribution in [1.82, 2.24) is 20.4 Å². The van der Waals surface area contributed by atoms with Crippen LogP contribution < -0.4 is 14.2 Å². The van der Waals surface area contributed by atoms with Gasteiger partial charge in [0.05, 0.1) is 21.3 Å². The van der Waals surface area contributed by atoms with E-state index < -0.39 is 0 Å². The number of nitrogens with zero attached hydrogens (tertiary/aromatic N) is 3. The molecule has 3 aromatic heterocycles. The van der Waals surface area contributed by atoms with E-state index in [9.17, 15) is 0 Å². The highest BCUT2D eigenvalue weighted by atomic mass is 16.5. The number of hydrogen-bond acceptors (Lipinski definition) is 7. The fourth-order valence-electron chi connectivity index (χ4n) is 3.54. The van der Waals surface area contributed by atoms with Gasteiger partial charge >= 0.3 is 0 Å². The van der Waals surface area contributed by atoms with Crippen LogP contribution >= 0.6 is 0 Å². The molecular weight excluding hydrogens is 384 g/mol. The molecule has 1 N–H and O–H groups in total. The first-order chi connectivity index (χ1) is 14.7. The Kier molecular flexibility index (Phi) is 4.24. The number of aromatic amines is 1. The zero-order valence-electron chi connectivity index (χ0n) is 16.6. The molecule has 0 aliphatic heterocycles. The highest BCUT2D eigenvalue weighted by Gasteiger charge is 2.18. The zero-order valence-corrected chi connectivity index (χ0v) is 16.6. The van der Waals surface area contributed by atoms with E-state index in [-0.39, 0.29) is 0 Å². The molecule has 0 aliphatic carbocycles. The number of aromatic nitrogens is 4. The van der Waals surface area contributed by atoms with E-state index in [0.717, 1.165) is 33.2 Å². The van der Waals surface area contributed by atoms with Crippen LogP contribution in [0, 0.1) is 0 Å². The summed E-state index contributed by atoms with van der Waals surface area (Å²) in [4.78, 5) is 4.47. The first-order valence-electron chi connectivity index (χ1n) is 9.21. The minimum Gasteiger partial charge on any atom is -0.493 e. The van der Waals surface area contributed by atoms with Crippen LogP contribution in [0.4, 0.5) is 0 Å². The number of ether oxygens (including phenoxy) is 3. The molecule has 5 rings (SSSR count). The number of rotatable bonds is 5. The molecule has 0 bridgehead atoms. The van der Waals surface area contributed by atoms with Crippen LogP contribution in [0.25, 0.3) is 44.6 Å². The summed E-state index contributed by atoms with van der Waals surface area (Å²) in [7, 11) is 4.74. The van der Waals surface area contributed by atoms with Crippen molar-refractivity contribution in [2.45, 2.75) is 0 Å². The fourth-order valence-corrected chi connectivity index (χ4v) is 3.54. The highest BCUT2D eigenvalue weighted by molar-refractivity contribution is 5.94. The SMILES string of the molecule is COc1cc(-c2cc3nccc(-c4ccc5n[nH]nc5c4)c3o2)cc(OC)c1OC. The van der Waals surface area contributed by atoms with Gasteiger partial charge in [0.1, 0.15) is 22.3 Å².